The lowest BCUT2D eigenvalue weighted by Crippen LogP contribution is -2.39. The van der Waals surface area contributed by atoms with Crippen LogP contribution >= 0.6 is 0 Å². The zero-order valence-corrected chi connectivity index (χ0v) is 28.1. The maximum Gasteiger partial charge on any atom is 0.205 e. The van der Waals surface area contributed by atoms with Crippen LogP contribution < -0.4 is 0 Å². The Hall–Kier alpha value is -5.79. The molecule has 0 bridgehead atoms. The Balaban J connectivity index is 1.31. The molecule has 0 radical (unpaired) electrons. The summed E-state index contributed by atoms with van der Waals surface area (Å²) in [5.41, 5.74) is 8.40. The molecule has 0 saturated heterocycles. The molecule has 0 amide bonds. The summed E-state index contributed by atoms with van der Waals surface area (Å²) in [6.45, 7) is 5.05. The second kappa shape index (κ2) is 13.4. The van der Waals surface area contributed by atoms with Gasteiger partial charge in [-0.1, -0.05) is 158 Å². The number of unbranched alkanes of at least 4 members (excludes halogenated alkanes) is 1. The Kier molecular flexibility index (Phi) is 8.68. The quantitative estimate of drug-likeness (QED) is 0.0809. The van der Waals surface area contributed by atoms with Gasteiger partial charge in [-0.3, -0.25) is 4.79 Å². The minimum atomic E-state index is -0.861. The molecular formula is C42H39N6O+. The van der Waals surface area contributed by atoms with Gasteiger partial charge in [-0.05, 0) is 39.5 Å². The standard InChI is InChI=1S/C42H39N6O/c1-4-5-29-48(3)31(2)39(30-49)40(45-48)33-27-25-32(26-28-33)37-23-15-16-24-38(37)41-43-46-47(44-41)42(34-17-9-6-10-18-34,35-19-11-7-12-20-35)36-21-13-8-14-22-36/h6-28,30H,4-5,29H2,1-3H3/q+1. The third-order valence-electron chi connectivity index (χ3n) is 9.68. The van der Waals surface area contributed by atoms with Crippen LogP contribution in [0.3, 0.4) is 0 Å². The van der Waals surface area contributed by atoms with Crippen LogP contribution in [0.25, 0.3) is 22.5 Å². The van der Waals surface area contributed by atoms with E-state index in [1.807, 2.05) is 91.9 Å². The molecule has 0 N–H and O–H groups in total. The summed E-state index contributed by atoms with van der Waals surface area (Å²) in [7, 11) is 2.08. The average molecular weight is 644 g/mol. The molecule has 242 valence electrons. The summed E-state index contributed by atoms with van der Waals surface area (Å²) in [4.78, 5) is 14.0. The predicted molar refractivity (Wildman–Crippen MR) is 195 cm³/mol. The number of carbonyl (C=O) groups is 1. The number of aromatic nitrogens is 4. The monoisotopic (exact) mass is 643 g/mol. The number of allylic oxidation sites excluding steroid dienone is 2. The molecule has 1 aliphatic rings. The number of benzene rings is 5. The lowest BCUT2D eigenvalue weighted by atomic mass is 9.77. The molecule has 1 aliphatic heterocycles. The van der Waals surface area contributed by atoms with Gasteiger partial charge in [-0.25, -0.2) is 0 Å². The van der Waals surface area contributed by atoms with Gasteiger partial charge in [0.15, 0.2) is 11.8 Å². The van der Waals surface area contributed by atoms with Crippen LogP contribution in [0.2, 0.25) is 0 Å². The first kappa shape index (κ1) is 31.8. The molecule has 1 aromatic heterocycles. The Morgan fingerprint density at radius 1 is 0.694 bits per heavy atom. The van der Waals surface area contributed by atoms with Crippen LogP contribution in [-0.2, 0) is 10.3 Å². The number of aldehydes is 1. The van der Waals surface area contributed by atoms with Crippen molar-refractivity contribution in [3.63, 3.8) is 0 Å². The molecule has 2 heterocycles. The molecule has 0 fully saturated rings. The molecule has 1 unspecified atom stereocenters. The van der Waals surface area contributed by atoms with Crippen LogP contribution in [0.5, 0.6) is 0 Å². The third-order valence-corrected chi connectivity index (χ3v) is 9.68. The van der Waals surface area contributed by atoms with E-state index in [9.17, 15) is 4.79 Å². The highest BCUT2D eigenvalue weighted by Gasteiger charge is 2.41. The molecule has 0 aliphatic carbocycles. The lowest BCUT2D eigenvalue weighted by Gasteiger charge is -2.34. The van der Waals surface area contributed by atoms with E-state index in [2.05, 4.69) is 68.6 Å². The van der Waals surface area contributed by atoms with E-state index >= 15 is 0 Å². The second-order valence-electron chi connectivity index (χ2n) is 12.6. The highest BCUT2D eigenvalue weighted by Crippen LogP contribution is 2.40. The van der Waals surface area contributed by atoms with Crippen molar-refractivity contribution in [3.8, 4) is 22.5 Å². The normalized spacial score (nSPS) is 16.1. The maximum absolute atomic E-state index is 12.2. The summed E-state index contributed by atoms with van der Waals surface area (Å²) in [6, 6.07) is 47.4. The van der Waals surface area contributed by atoms with Crippen LogP contribution in [0.4, 0.5) is 0 Å². The van der Waals surface area contributed by atoms with Crippen LogP contribution in [0.15, 0.2) is 156 Å². The first-order valence-electron chi connectivity index (χ1n) is 16.8. The van der Waals surface area contributed by atoms with Crippen molar-refractivity contribution in [3.05, 3.63) is 173 Å². The van der Waals surface area contributed by atoms with Gasteiger partial charge in [0.05, 0.1) is 7.05 Å². The highest BCUT2D eigenvalue weighted by molar-refractivity contribution is 6.24. The zero-order chi connectivity index (χ0) is 33.8. The van der Waals surface area contributed by atoms with Gasteiger partial charge in [-0.2, -0.15) is 4.59 Å². The van der Waals surface area contributed by atoms with Gasteiger partial charge in [0.2, 0.25) is 5.82 Å². The van der Waals surface area contributed by atoms with Crippen LogP contribution in [0.1, 0.15) is 48.9 Å². The molecule has 0 spiro atoms. The van der Waals surface area contributed by atoms with Gasteiger partial charge >= 0.3 is 0 Å². The SMILES string of the molecule is CCCC[N+]1(C)N=C(c2ccc(-c3ccccc3-c3nnn(C(c4ccccc4)(c4ccccc4)c4ccccc4)n3)cc2)C(C=O)=C1C. The van der Waals surface area contributed by atoms with Crippen molar-refractivity contribution in [2.75, 3.05) is 13.6 Å². The van der Waals surface area contributed by atoms with Gasteiger partial charge in [-0.15, -0.1) is 15.0 Å². The molecule has 7 nitrogen and oxygen atoms in total. The molecule has 49 heavy (non-hydrogen) atoms. The summed E-state index contributed by atoms with van der Waals surface area (Å²) in [5, 5.41) is 19.6. The van der Waals surface area contributed by atoms with Gasteiger partial charge in [0.1, 0.15) is 23.5 Å². The molecule has 6 aromatic rings. The third kappa shape index (κ3) is 5.62. The van der Waals surface area contributed by atoms with Crippen molar-refractivity contribution in [1.29, 1.82) is 0 Å². The van der Waals surface area contributed by atoms with Crippen molar-refractivity contribution in [1.82, 2.24) is 20.2 Å². The van der Waals surface area contributed by atoms with E-state index in [-0.39, 0.29) is 0 Å². The first-order chi connectivity index (χ1) is 24.0. The van der Waals surface area contributed by atoms with Crippen molar-refractivity contribution in [2.45, 2.75) is 32.2 Å². The molecule has 5 aromatic carbocycles. The lowest BCUT2D eigenvalue weighted by molar-refractivity contribution is -0.877. The summed E-state index contributed by atoms with van der Waals surface area (Å²) >= 11 is 0. The molecule has 0 saturated carbocycles. The fraction of sp³-hybridized carbons (Fsp3) is 0.167. The Labute approximate surface area is 287 Å². The first-order valence-corrected chi connectivity index (χ1v) is 16.8. The average Bonchev–Trinajstić information content (AvgIpc) is 3.75. The Morgan fingerprint density at radius 2 is 1.20 bits per heavy atom. The van der Waals surface area contributed by atoms with E-state index in [1.54, 1.807) is 4.80 Å². The second-order valence-corrected chi connectivity index (χ2v) is 12.6. The number of hydrogen-bond donors (Lipinski definition) is 0. The number of tetrazole rings is 1. The number of quaternary nitrogens is 1. The number of nitrogens with zero attached hydrogens (tertiary/aromatic N) is 6. The fourth-order valence-corrected chi connectivity index (χ4v) is 6.90. The Morgan fingerprint density at radius 3 is 1.73 bits per heavy atom. The summed E-state index contributed by atoms with van der Waals surface area (Å²) < 4.78 is 0.416. The highest BCUT2D eigenvalue weighted by atomic mass is 16.1. The zero-order valence-electron chi connectivity index (χ0n) is 28.1. The largest absolute Gasteiger partial charge is 0.298 e. The molecule has 1 atom stereocenters. The number of rotatable bonds is 11. The van der Waals surface area contributed by atoms with E-state index in [0.717, 1.165) is 76.0 Å². The smallest absolute Gasteiger partial charge is 0.205 e. The maximum atomic E-state index is 12.2. The molecular weight excluding hydrogens is 605 g/mol. The topological polar surface area (TPSA) is 73.0 Å². The predicted octanol–water partition coefficient (Wildman–Crippen LogP) is 8.28. The minimum absolute atomic E-state index is 0.416. The Bertz CT molecular complexity index is 2040. The fourth-order valence-electron chi connectivity index (χ4n) is 6.90. The van der Waals surface area contributed by atoms with Crippen LogP contribution in [0, 0.1) is 0 Å². The van der Waals surface area contributed by atoms with Gasteiger partial charge in [0, 0.05) is 18.1 Å². The summed E-state index contributed by atoms with van der Waals surface area (Å²) in [5.74, 6) is 0.526. The van der Waals surface area contributed by atoms with Crippen molar-refractivity contribution >= 4 is 12.0 Å². The summed E-state index contributed by atoms with van der Waals surface area (Å²) in [6.07, 6.45) is 3.06. The van der Waals surface area contributed by atoms with E-state index < -0.39 is 5.54 Å². The van der Waals surface area contributed by atoms with Gasteiger partial charge < -0.3 is 0 Å². The molecule has 7 heteroatoms. The van der Waals surface area contributed by atoms with Crippen LogP contribution in [-0.4, -0.2) is 50.4 Å². The van der Waals surface area contributed by atoms with Crippen molar-refractivity contribution < 1.29 is 9.39 Å². The van der Waals surface area contributed by atoms with E-state index in [4.69, 9.17) is 20.5 Å². The number of carbonyl (C=O) groups excluding carboxylic acids is 1. The van der Waals surface area contributed by atoms with Crippen molar-refractivity contribution in [2.24, 2.45) is 5.10 Å². The van der Waals surface area contributed by atoms with E-state index in [0.29, 0.717) is 16.0 Å². The minimum Gasteiger partial charge on any atom is -0.298 e. The van der Waals surface area contributed by atoms with E-state index in [1.165, 1.54) is 0 Å². The molecule has 7 rings (SSSR count). The van der Waals surface area contributed by atoms with Gasteiger partial charge in [0.25, 0.3) is 0 Å². The number of hydrogen-bond acceptors (Lipinski definition) is 5.